The van der Waals surface area contributed by atoms with E-state index in [9.17, 15) is 0 Å². The van der Waals surface area contributed by atoms with Crippen molar-refractivity contribution >= 4 is 75.3 Å². The summed E-state index contributed by atoms with van der Waals surface area (Å²) in [6, 6.07) is 63.6. The lowest BCUT2D eigenvalue weighted by atomic mass is 10.0. The zero-order chi connectivity index (χ0) is 37.5. The zero-order valence-corrected chi connectivity index (χ0v) is 31.2. The molecule has 5 nitrogen and oxygen atoms in total. The Morgan fingerprint density at radius 3 is 1.74 bits per heavy atom. The van der Waals surface area contributed by atoms with Crippen LogP contribution in [0.15, 0.2) is 186 Å². The highest BCUT2D eigenvalue weighted by Crippen LogP contribution is 2.46. The molecule has 0 saturated heterocycles. The number of thiophene rings is 1. The van der Waals surface area contributed by atoms with Crippen LogP contribution in [0, 0.1) is 0 Å². The summed E-state index contributed by atoms with van der Waals surface area (Å²) in [4.78, 5) is 15.0. The summed E-state index contributed by atoms with van der Waals surface area (Å²) in [5.74, 6) is 1.83. The normalized spacial score (nSPS) is 11.9. The number of nitrogens with zero attached hydrogens (tertiary/aromatic N) is 4. The lowest BCUT2D eigenvalue weighted by molar-refractivity contribution is 0.670. The van der Waals surface area contributed by atoms with Crippen LogP contribution in [0.2, 0.25) is 0 Å². The van der Waals surface area contributed by atoms with Gasteiger partial charge in [-0.1, -0.05) is 140 Å². The molecule has 0 radical (unpaired) electrons. The molecule has 12 aromatic rings. The van der Waals surface area contributed by atoms with E-state index in [4.69, 9.17) is 19.4 Å². The second-order valence-electron chi connectivity index (χ2n) is 14.3. The van der Waals surface area contributed by atoms with Crippen LogP contribution in [0.5, 0.6) is 0 Å². The highest BCUT2D eigenvalue weighted by atomic mass is 32.1. The van der Waals surface area contributed by atoms with Gasteiger partial charge in [-0.2, -0.15) is 0 Å². The largest absolute Gasteiger partial charge is 0.455 e. The number of rotatable bonds is 5. The summed E-state index contributed by atoms with van der Waals surface area (Å²) in [6.07, 6.45) is 0. The molecular weight excluding hydrogens is 717 g/mol. The number of aromatic nitrogens is 4. The minimum atomic E-state index is 0.586. The van der Waals surface area contributed by atoms with Gasteiger partial charge in [0.15, 0.2) is 17.5 Å². The quantitative estimate of drug-likeness (QED) is 0.176. The van der Waals surface area contributed by atoms with E-state index in [2.05, 4.69) is 126 Å². The molecule has 0 saturated carbocycles. The van der Waals surface area contributed by atoms with Crippen LogP contribution in [-0.2, 0) is 0 Å². The molecule has 6 heteroatoms. The van der Waals surface area contributed by atoms with Crippen LogP contribution in [0.1, 0.15) is 0 Å². The standard InChI is InChI=1S/C51H30N4OS/c1-4-14-31(15-5-1)35-26-28-41(55-40-22-12-10-21-38(40)46-42(55)29-27-37-36-20-11-13-23-44(36)57-48(37)46)45-39-25-24-34(30-43(39)56-47(35)45)51-53-49(32-16-6-2-7-17-32)52-50(54-51)33-18-8-3-9-19-33/h1-30H. The average Bonchev–Trinajstić information content (AvgIpc) is 3.96. The van der Waals surface area contributed by atoms with Crippen molar-refractivity contribution in [1.82, 2.24) is 19.5 Å². The van der Waals surface area contributed by atoms with Gasteiger partial charge in [0.05, 0.1) is 22.1 Å². The molecule has 12 rings (SSSR count). The minimum absolute atomic E-state index is 0.586. The molecule has 8 aromatic carbocycles. The van der Waals surface area contributed by atoms with Crippen LogP contribution < -0.4 is 0 Å². The smallest absolute Gasteiger partial charge is 0.164 e. The van der Waals surface area contributed by atoms with Gasteiger partial charge in [0.25, 0.3) is 0 Å². The molecule has 0 N–H and O–H groups in total. The first-order valence-corrected chi connectivity index (χ1v) is 19.8. The van der Waals surface area contributed by atoms with Crippen molar-refractivity contribution in [3.63, 3.8) is 0 Å². The molecule has 0 bridgehead atoms. The van der Waals surface area contributed by atoms with Crippen molar-refractivity contribution < 1.29 is 4.42 Å². The maximum absolute atomic E-state index is 7.02. The van der Waals surface area contributed by atoms with Crippen molar-refractivity contribution in [2.45, 2.75) is 0 Å². The number of furan rings is 1. The number of fused-ring (bicyclic) bond motifs is 10. The predicted octanol–water partition coefficient (Wildman–Crippen LogP) is 13.9. The van der Waals surface area contributed by atoms with E-state index < -0.39 is 0 Å². The fourth-order valence-corrected chi connectivity index (χ4v) is 9.72. The molecule has 0 atom stereocenters. The molecule has 0 spiro atoms. The number of hydrogen-bond acceptors (Lipinski definition) is 5. The van der Waals surface area contributed by atoms with Crippen molar-refractivity contribution in [1.29, 1.82) is 0 Å². The third kappa shape index (κ3) is 4.98. The van der Waals surface area contributed by atoms with Gasteiger partial charge in [-0.05, 0) is 48.0 Å². The summed E-state index contributed by atoms with van der Waals surface area (Å²) >= 11 is 1.87. The molecule has 266 valence electrons. The molecule has 0 amide bonds. The third-order valence-electron chi connectivity index (χ3n) is 11.1. The number of para-hydroxylation sites is 1. The van der Waals surface area contributed by atoms with Crippen LogP contribution in [0.3, 0.4) is 0 Å². The highest BCUT2D eigenvalue weighted by molar-refractivity contribution is 7.26. The van der Waals surface area contributed by atoms with Gasteiger partial charge in [-0.25, -0.2) is 15.0 Å². The third-order valence-corrected chi connectivity index (χ3v) is 12.3. The van der Waals surface area contributed by atoms with Crippen molar-refractivity contribution in [3.05, 3.63) is 182 Å². The van der Waals surface area contributed by atoms with Gasteiger partial charge in [-0.3, -0.25) is 0 Å². The van der Waals surface area contributed by atoms with E-state index in [-0.39, 0.29) is 0 Å². The van der Waals surface area contributed by atoms with Crippen molar-refractivity contribution in [3.8, 4) is 51.0 Å². The SMILES string of the molecule is c1ccc(-c2nc(-c3ccccc3)nc(-c3ccc4c(c3)oc3c(-c5ccccc5)ccc(-n5c6ccccc6c6c7sc8ccccc8c7ccc65)c34)n2)cc1. The summed E-state index contributed by atoms with van der Waals surface area (Å²) < 4.78 is 12.1. The Labute approximate surface area is 330 Å². The molecule has 57 heavy (non-hydrogen) atoms. The monoisotopic (exact) mass is 746 g/mol. The summed E-state index contributed by atoms with van der Waals surface area (Å²) in [5, 5.41) is 7.18. The predicted molar refractivity (Wildman–Crippen MR) is 236 cm³/mol. The Hall–Kier alpha value is -7.41. The van der Waals surface area contributed by atoms with E-state index in [0.29, 0.717) is 17.5 Å². The summed E-state index contributed by atoms with van der Waals surface area (Å²) in [6.45, 7) is 0. The Morgan fingerprint density at radius 2 is 1.02 bits per heavy atom. The fourth-order valence-electron chi connectivity index (χ4n) is 8.46. The first kappa shape index (κ1) is 31.9. The van der Waals surface area contributed by atoms with Gasteiger partial charge < -0.3 is 8.98 Å². The van der Waals surface area contributed by atoms with Gasteiger partial charge >= 0.3 is 0 Å². The topological polar surface area (TPSA) is 56.7 Å². The number of benzene rings is 8. The number of hydrogen-bond donors (Lipinski definition) is 0. The molecule has 4 aromatic heterocycles. The lowest BCUT2D eigenvalue weighted by Crippen LogP contribution is -2.00. The summed E-state index contributed by atoms with van der Waals surface area (Å²) in [7, 11) is 0. The van der Waals surface area contributed by atoms with Crippen LogP contribution >= 0.6 is 11.3 Å². The maximum atomic E-state index is 7.02. The first-order valence-electron chi connectivity index (χ1n) is 19.0. The fraction of sp³-hybridized carbons (Fsp3) is 0. The Bertz CT molecular complexity index is 3460. The summed E-state index contributed by atoms with van der Waals surface area (Å²) in [5.41, 5.74) is 9.85. The van der Waals surface area contributed by atoms with Crippen molar-refractivity contribution in [2.75, 3.05) is 0 Å². The maximum Gasteiger partial charge on any atom is 0.164 e. The molecule has 0 aliphatic carbocycles. The zero-order valence-electron chi connectivity index (χ0n) is 30.4. The van der Waals surface area contributed by atoms with Crippen LogP contribution in [0.4, 0.5) is 0 Å². The molecule has 0 aliphatic rings. The van der Waals surface area contributed by atoms with Gasteiger partial charge in [-0.15, -0.1) is 11.3 Å². The Kier molecular flexibility index (Phi) is 7.03. The second kappa shape index (κ2) is 12.6. The molecular formula is C51H30N4OS. The van der Waals surface area contributed by atoms with E-state index in [1.54, 1.807) is 0 Å². The molecule has 0 aliphatic heterocycles. The molecule has 0 fully saturated rings. The van der Waals surface area contributed by atoms with E-state index in [0.717, 1.165) is 61.0 Å². The molecule has 4 heterocycles. The van der Waals surface area contributed by atoms with E-state index >= 15 is 0 Å². The van der Waals surface area contributed by atoms with Gasteiger partial charge in [0, 0.05) is 58.6 Å². The first-order chi connectivity index (χ1) is 28.3. The van der Waals surface area contributed by atoms with E-state index in [1.807, 2.05) is 72.0 Å². The Balaban J connectivity index is 1.13. The Morgan fingerprint density at radius 1 is 0.421 bits per heavy atom. The van der Waals surface area contributed by atoms with Gasteiger partial charge in [0.1, 0.15) is 11.2 Å². The lowest BCUT2D eigenvalue weighted by Gasteiger charge is -2.12. The second-order valence-corrected chi connectivity index (χ2v) is 15.4. The highest BCUT2D eigenvalue weighted by Gasteiger charge is 2.23. The average molecular weight is 747 g/mol. The van der Waals surface area contributed by atoms with Crippen LogP contribution in [-0.4, -0.2) is 19.5 Å². The van der Waals surface area contributed by atoms with Crippen LogP contribution in [0.25, 0.3) is 115 Å². The molecule has 0 unspecified atom stereocenters. The van der Waals surface area contributed by atoms with Gasteiger partial charge in [0.2, 0.25) is 0 Å². The van der Waals surface area contributed by atoms with Crippen molar-refractivity contribution in [2.24, 2.45) is 0 Å². The minimum Gasteiger partial charge on any atom is -0.455 e. The van der Waals surface area contributed by atoms with E-state index in [1.165, 1.54) is 36.5 Å².